The highest BCUT2D eigenvalue weighted by Crippen LogP contribution is 2.23. The van der Waals surface area contributed by atoms with Gasteiger partial charge in [0.25, 0.3) is 0 Å². The van der Waals surface area contributed by atoms with Gasteiger partial charge in [-0.25, -0.2) is 0 Å². The first-order chi connectivity index (χ1) is 7.79. The Morgan fingerprint density at radius 3 is 3.19 bits per heavy atom. The van der Waals surface area contributed by atoms with E-state index in [1.165, 1.54) is 24.2 Å². The quantitative estimate of drug-likeness (QED) is 0.756. The van der Waals surface area contributed by atoms with Crippen LogP contribution in [-0.4, -0.2) is 33.1 Å². The van der Waals surface area contributed by atoms with Gasteiger partial charge >= 0.3 is 0 Å². The van der Waals surface area contributed by atoms with Gasteiger partial charge in [-0.15, -0.1) is 11.3 Å². The molecule has 0 saturated carbocycles. The molecule has 1 unspecified atom stereocenters. The van der Waals surface area contributed by atoms with Crippen molar-refractivity contribution in [3.63, 3.8) is 0 Å². The van der Waals surface area contributed by atoms with Crippen LogP contribution in [-0.2, 0) is 4.74 Å². The minimum absolute atomic E-state index is 0.623. The van der Waals surface area contributed by atoms with Crippen LogP contribution < -0.4 is 4.90 Å². The van der Waals surface area contributed by atoms with Crippen LogP contribution in [0.25, 0.3) is 0 Å². The standard InChI is InChI=1S/C12H17NO2S/c1-13(6-10-3-2-4-15-8-10)11-5-12(7-14)16-9-11/h5,7,9-10H,2-4,6,8H2,1H3. The Kier molecular flexibility index (Phi) is 3.96. The van der Waals surface area contributed by atoms with E-state index in [1.807, 2.05) is 11.4 Å². The second-order valence-corrected chi connectivity index (χ2v) is 5.23. The number of aldehydes is 1. The van der Waals surface area contributed by atoms with Crippen molar-refractivity contribution in [3.8, 4) is 0 Å². The summed E-state index contributed by atoms with van der Waals surface area (Å²) in [4.78, 5) is 13.6. The summed E-state index contributed by atoms with van der Waals surface area (Å²) in [5.41, 5.74) is 1.14. The lowest BCUT2D eigenvalue weighted by Gasteiger charge is -2.27. The van der Waals surface area contributed by atoms with E-state index in [2.05, 4.69) is 11.9 Å². The average Bonchev–Trinajstić information content (AvgIpc) is 2.79. The number of hydrogen-bond acceptors (Lipinski definition) is 4. The second kappa shape index (κ2) is 5.46. The highest BCUT2D eigenvalue weighted by molar-refractivity contribution is 7.12. The first-order valence-electron chi connectivity index (χ1n) is 5.62. The first kappa shape index (κ1) is 11.6. The minimum atomic E-state index is 0.623. The highest BCUT2D eigenvalue weighted by Gasteiger charge is 2.16. The van der Waals surface area contributed by atoms with Crippen LogP contribution >= 0.6 is 11.3 Å². The molecular weight excluding hydrogens is 222 g/mol. The lowest BCUT2D eigenvalue weighted by Crippen LogP contribution is -2.30. The van der Waals surface area contributed by atoms with E-state index in [0.717, 1.165) is 36.6 Å². The van der Waals surface area contributed by atoms with Gasteiger partial charge in [0.05, 0.1) is 11.5 Å². The minimum Gasteiger partial charge on any atom is -0.381 e. The van der Waals surface area contributed by atoms with Gasteiger partial charge in [-0.2, -0.15) is 0 Å². The summed E-state index contributed by atoms with van der Waals surface area (Å²) in [5, 5.41) is 2.04. The number of thiophene rings is 1. The monoisotopic (exact) mass is 239 g/mol. The van der Waals surface area contributed by atoms with Crippen molar-refractivity contribution in [1.82, 2.24) is 0 Å². The lowest BCUT2D eigenvalue weighted by atomic mass is 10.0. The Morgan fingerprint density at radius 2 is 2.56 bits per heavy atom. The predicted octanol–water partition coefficient (Wildman–Crippen LogP) is 2.42. The number of carbonyl (C=O) groups is 1. The van der Waals surface area contributed by atoms with Gasteiger partial charge in [-0.1, -0.05) is 0 Å². The van der Waals surface area contributed by atoms with Crippen LogP contribution in [0.3, 0.4) is 0 Å². The summed E-state index contributed by atoms with van der Waals surface area (Å²) in [6, 6.07) is 1.95. The molecule has 2 rings (SSSR count). The van der Waals surface area contributed by atoms with Gasteiger partial charge in [0.1, 0.15) is 0 Å². The van der Waals surface area contributed by atoms with E-state index in [4.69, 9.17) is 4.74 Å². The van der Waals surface area contributed by atoms with Crippen molar-refractivity contribution >= 4 is 23.3 Å². The molecule has 1 atom stereocenters. The largest absolute Gasteiger partial charge is 0.381 e. The number of ether oxygens (including phenoxy) is 1. The summed E-state index contributed by atoms with van der Waals surface area (Å²) < 4.78 is 5.46. The van der Waals surface area contributed by atoms with E-state index >= 15 is 0 Å². The zero-order valence-corrected chi connectivity index (χ0v) is 10.3. The SMILES string of the molecule is CN(CC1CCCOC1)c1csc(C=O)c1. The van der Waals surface area contributed by atoms with Crippen LogP contribution in [0.5, 0.6) is 0 Å². The van der Waals surface area contributed by atoms with Crippen LogP contribution in [0.15, 0.2) is 11.4 Å². The summed E-state index contributed by atoms with van der Waals surface area (Å²) in [6.45, 7) is 2.79. The Hall–Kier alpha value is -0.870. The maximum atomic E-state index is 10.6. The van der Waals surface area contributed by atoms with Gasteiger partial charge in [0.2, 0.25) is 0 Å². The molecule has 0 amide bonds. The molecule has 1 aliphatic heterocycles. The summed E-state index contributed by atoms with van der Waals surface area (Å²) in [6.07, 6.45) is 3.32. The summed E-state index contributed by atoms with van der Waals surface area (Å²) in [5.74, 6) is 0.623. The Bertz CT molecular complexity index is 345. The number of rotatable bonds is 4. The fourth-order valence-corrected chi connectivity index (χ4v) is 2.80. The summed E-state index contributed by atoms with van der Waals surface area (Å²) in [7, 11) is 2.07. The maximum Gasteiger partial charge on any atom is 0.160 e. The number of anilines is 1. The van der Waals surface area contributed by atoms with Crippen LogP contribution in [0.2, 0.25) is 0 Å². The Balaban J connectivity index is 1.90. The predicted molar refractivity (Wildman–Crippen MR) is 66.5 cm³/mol. The maximum absolute atomic E-state index is 10.6. The average molecular weight is 239 g/mol. The van der Waals surface area contributed by atoms with E-state index in [1.54, 1.807) is 0 Å². The topological polar surface area (TPSA) is 29.5 Å². The number of hydrogen-bond donors (Lipinski definition) is 0. The van der Waals surface area contributed by atoms with Crippen LogP contribution in [0, 0.1) is 5.92 Å². The molecule has 1 aromatic rings. The molecule has 1 saturated heterocycles. The molecule has 1 fully saturated rings. The zero-order valence-electron chi connectivity index (χ0n) is 9.52. The number of nitrogens with zero attached hydrogens (tertiary/aromatic N) is 1. The van der Waals surface area contributed by atoms with Crippen molar-refractivity contribution in [2.75, 3.05) is 31.7 Å². The third kappa shape index (κ3) is 2.83. The van der Waals surface area contributed by atoms with E-state index in [0.29, 0.717) is 5.92 Å². The molecule has 0 radical (unpaired) electrons. The molecule has 16 heavy (non-hydrogen) atoms. The van der Waals surface area contributed by atoms with Crippen LogP contribution in [0.4, 0.5) is 5.69 Å². The van der Waals surface area contributed by atoms with Crippen molar-refractivity contribution < 1.29 is 9.53 Å². The van der Waals surface area contributed by atoms with Crippen molar-refractivity contribution in [1.29, 1.82) is 0 Å². The normalized spacial score (nSPS) is 20.7. The fraction of sp³-hybridized carbons (Fsp3) is 0.583. The molecule has 3 nitrogen and oxygen atoms in total. The van der Waals surface area contributed by atoms with Crippen molar-refractivity contribution in [2.45, 2.75) is 12.8 Å². The smallest absolute Gasteiger partial charge is 0.160 e. The van der Waals surface area contributed by atoms with Gasteiger partial charge in [-0.3, -0.25) is 4.79 Å². The summed E-state index contributed by atoms with van der Waals surface area (Å²) >= 11 is 1.50. The fourth-order valence-electron chi connectivity index (χ4n) is 2.05. The lowest BCUT2D eigenvalue weighted by molar-refractivity contribution is 0.0576. The molecular formula is C12H17NO2S. The highest BCUT2D eigenvalue weighted by atomic mass is 32.1. The van der Waals surface area contributed by atoms with Gasteiger partial charge in [0.15, 0.2) is 6.29 Å². The molecule has 0 bridgehead atoms. The Morgan fingerprint density at radius 1 is 1.69 bits per heavy atom. The van der Waals surface area contributed by atoms with E-state index < -0.39 is 0 Å². The number of carbonyl (C=O) groups excluding carboxylic acids is 1. The molecule has 0 aliphatic carbocycles. The Labute approximate surface area is 100 Å². The van der Waals surface area contributed by atoms with E-state index in [-0.39, 0.29) is 0 Å². The van der Waals surface area contributed by atoms with E-state index in [9.17, 15) is 4.79 Å². The zero-order chi connectivity index (χ0) is 11.4. The third-order valence-electron chi connectivity index (χ3n) is 2.95. The molecule has 88 valence electrons. The molecule has 1 aliphatic rings. The van der Waals surface area contributed by atoms with Gasteiger partial charge in [0, 0.05) is 31.3 Å². The molecule has 2 heterocycles. The van der Waals surface area contributed by atoms with Gasteiger partial charge < -0.3 is 9.64 Å². The second-order valence-electron chi connectivity index (χ2n) is 4.29. The molecule has 0 N–H and O–H groups in total. The third-order valence-corrected chi connectivity index (χ3v) is 3.80. The molecule has 1 aromatic heterocycles. The van der Waals surface area contributed by atoms with Crippen molar-refractivity contribution in [2.24, 2.45) is 5.92 Å². The van der Waals surface area contributed by atoms with Crippen LogP contribution in [0.1, 0.15) is 22.5 Å². The van der Waals surface area contributed by atoms with Gasteiger partial charge in [-0.05, 0) is 24.8 Å². The first-order valence-corrected chi connectivity index (χ1v) is 6.50. The molecule has 0 aromatic carbocycles. The molecule has 0 spiro atoms. The molecule has 4 heteroatoms. The van der Waals surface area contributed by atoms with Crippen molar-refractivity contribution in [3.05, 3.63) is 16.3 Å².